The van der Waals surface area contributed by atoms with Crippen molar-refractivity contribution in [2.24, 2.45) is 0 Å². The topological polar surface area (TPSA) is 112 Å². The Morgan fingerprint density at radius 1 is 1.16 bits per heavy atom. The first kappa shape index (κ1) is 20.2. The molecule has 1 fully saturated rings. The maximum Gasteiger partial charge on any atom is 0.336 e. The highest BCUT2D eigenvalue weighted by molar-refractivity contribution is 7.89. The van der Waals surface area contributed by atoms with E-state index in [1.807, 2.05) is 26.0 Å². The highest BCUT2D eigenvalue weighted by Gasteiger charge is 2.41. The Labute approximate surface area is 182 Å². The third-order valence-electron chi connectivity index (χ3n) is 5.41. The molecule has 0 spiro atoms. The van der Waals surface area contributed by atoms with E-state index in [9.17, 15) is 13.2 Å². The zero-order valence-corrected chi connectivity index (χ0v) is 18.9. The SMILES string of the molecule is Cc1ccc(Cn2c(=O)n(-c3nnc(C)s3)c3cc(S(=O)(=O)NC4(C)CC4)ccc32)o1. The maximum atomic E-state index is 13.4. The third kappa shape index (κ3) is 3.62. The number of nitrogens with one attached hydrogen (secondary N) is 1. The molecule has 31 heavy (non-hydrogen) atoms. The molecule has 4 aromatic rings. The highest BCUT2D eigenvalue weighted by Crippen LogP contribution is 2.36. The van der Waals surface area contributed by atoms with E-state index in [0.717, 1.165) is 18.6 Å². The minimum atomic E-state index is -3.73. The molecule has 0 atom stereocenters. The lowest BCUT2D eigenvalue weighted by Crippen LogP contribution is -2.34. The molecule has 1 saturated carbocycles. The van der Waals surface area contributed by atoms with Crippen molar-refractivity contribution < 1.29 is 12.8 Å². The first-order chi connectivity index (χ1) is 14.7. The largest absolute Gasteiger partial charge is 0.464 e. The molecule has 1 N–H and O–H groups in total. The van der Waals surface area contributed by atoms with E-state index in [4.69, 9.17) is 4.42 Å². The van der Waals surface area contributed by atoms with Gasteiger partial charge in [-0.15, -0.1) is 10.2 Å². The van der Waals surface area contributed by atoms with Gasteiger partial charge in [0.2, 0.25) is 15.2 Å². The lowest BCUT2D eigenvalue weighted by molar-refractivity contribution is 0.469. The van der Waals surface area contributed by atoms with E-state index in [0.29, 0.717) is 26.9 Å². The lowest BCUT2D eigenvalue weighted by atomic mass is 10.3. The molecule has 1 aromatic carbocycles. The molecular weight excluding hydrogens is 438 g/mol. The summed E-state index contributed by atoms with van der Waals surface area (Å²) in [5, 5.41) is 9.22. The van der Waals surface area contributed by atoms with E-state index in [2.05, 4.69) is 14.9 Å². The number of hydrogen-bond acceptors (Lipinski definition) is 7. The van der Waals surface area contributed by atoms with Crippen molar-refractivity contribution in [3.8, 4) is 5.13 Å². The van der Waals surface area contributed by atoms with E-state index in [1.54, 1.807) is 17.6 Å². The fourth-order valence-electron chi connectivity index (χ4n) is 3.52. The maximum absolute atomic E-state index is 13.4. The molecular formula is C20H21N5O4S2. The van der Waals surface area contributed by atoms with Crippen molar-refractivity contribution in [2.45, 2.75) is 50.6 Å². The number of hydrogen-bond donors (Lipinski definition) is 1. The van der Waals surface area contributed by atoms with Gasteiger partial charge in [-0.1, -0.05) is 11.3 Å². The quantitative estimate of drug-likeness (QED) is 0.474. The molecule has 3 heterocycles. The van der Waals surface area contributed by atoms with Gasteiger partial charge in [0.25, 0.3) is 0 Å². The number of furan rings is 1. The van der Waals surface area contributed by atoms with Crippen LogP contribution in [0.15, 0.2) is 44.4 Å². The van der Waals surface area contributed by atoms with Crippen LogP contribution in [0.4, 0.5) is 0 Å². The molecule has 0 amide bonds. The van der Waals surface area contributed by atoms with Gasteiger partial charge in [0, 0.05) is 5.54 Å². The van der Waals surface area contributed by atoms with Crippen LogP contribution in [-0.2, 0) is 16.6 Å². The van der Waals surface area contributed by atoms with Crippen molar-refractivity contribution in [1.29, 1.82) is 0 Å². The Kier molecular flexibility index (Phi) is 4.47. The Hall–Kier alpha value is -2.76. The number of sulfonamides is 1. The summed E-state index contributed by atoms with van der Waals surface area (Å²) < 4.78 is 37.2. The van der Waals surface area contributed by atoms with Gasteiger partial charge in [-0.05, 0) is 63.9 Å². The molecule has 1 aliphatic rings. The second-order valence-corrected chi connectivity index (χ2v) is 11.0. The molecule has 5 rings (SSSR count). The van der Waals surface area contributed by atoms with E-state index >= 15 is 0 Å². The fraction of sp³-hybridized carbons (Fsp3) is 0.350. The Bertz CT molecular complexity index is 1470. The van der Waals surface area contributed by atoms with E-state index in [1.165, 1.54) is 28.0 Å². The van der Waals surface area contributed by atoms with Crippen LogP contribution in [-0.4, -0.2) is 33.3 Å². The number of aromatic nitrogens is 4. The Morgan fingerprint density at radius 2 is 1.94 bits per heavy atom. The van der Waals surface area contributed by atoms with Crippen molar-refractivity contribution in [1.82, 2.24) is 24.1 Å². The molecule has 3 aromatic heterocycles. The summed E-state index contributed by atoms with van der Waals surface area (Å²) in [6.45, 7) is 5.73. The van der Waals surface area contributed by atoms with Gasteiger partial charge in [-0.25, -0.2) is 22.5 Å². The zero-order valence-electron chi connectivity index (χ0n) is 17.2. The molecule has 0 saturated heterocycles. The molecule has 1 aliphatic carbocycles. The van der Waals surface area contributed by atoms with Gasteiger partial charge in [-0.3, -0.25) is 4.57 Å². The first-order valence-electron chi connectivity index (χ1n) is 9.80. The first-order valence-corrected chi connectivity index (χ1v) is 12.1. The summed E-state index contributed by atoms with van der Waals surface area (Å²) in [5.41, 5.74) is 0.306. The number of aryl methyl sites for hydroxylation is 2. The zero-order chi connectivity index (χ0) is 22.0. The van der Waals surface area contributed by atoms with Gasteiger partial charge in [0.15, 0.2) is 0 Å². The summed E-state index contributed by atoms with van der Waals surface area (Å²) in [5.74, 6) is 1.38. The standard InChI is InChI=1S/C20H21N5O4S2/c1-12-4-5-14(29-12)11-24-16-7-6-15(31(27,28)23-20(3)8-9-20)10-17(16)25(19(24)26)18-22-21-13(2)30-18/h4-7,10,23H,8-9,11H2,1-3H3. The summed E-state index contributed by atoms with van der Waals surface area (Å²) in [7, 11) is -3.73. The normalized spacial score (nSPS) is 15.6. The number of benzene rings is 1. The third-order valence-corrected chi connectivity index (χ3v) is 7.87. The lowest BCUT2D eigenvalue weighted by Gasteiger charge is -2.12. The number of imidazole rings is 1. The van der Waals surface area contributed by atoms with Gasteiger partial charge >= 0.3 is 5.69 Å². The van der Waals surface area contributed by atoms with Crippen molar-refractivity contribution >= 4 is 32.4 Å². The molecule has 0 unspecified atom stereocenters. The average Bonchev–Trinajstić information content (AvgIpc) is 3.03. The summed E-state index contributed by atoms with van der Waals surface area (Å²) in [6.07, 6.45) is 1.62. The molecule has 0 bridgehead atoms. The monoisotopic (exact) mass is 459 g/mol. The van der Waals surface area contributed by atoms with Crippen molar-refractivity contribution in [2.75, 3.05) is 0 Å². The number of nitrogens with zero attached hydrogens (tertiary/aromatic N) is 4. The highest BCUT2D eigenvalue weighted by atomic mass is 32.2. The van der Waals surface area contributed by atoms with Crippen molar-refractivity contribution in [3.63, 3.8) is 0 Å². The van der Waals surface area contributed by atoms with Crippen LogP contribution >= 0.6 is 11.3 Å². The Morgan fingerprint density at radius 3 is 2.55 bits per heavy atom. The van der Waals surface area contributed by atoms with Crippen LogP contribution in [0.25, 0.3) is 16.2 Å². The number of fused-ring (bicyclic) bond motifs is 1. The van der Waals surface area contributed by atoms with Crippen LogP contribution in [0.1, 0.15) is 36.3 Å². The van der Waals surface area contributed by atoms with Crippen LogP contribution < -0.4 is 10.4 Å². The van der Waals surface area contributed by atoms with Gasteiger partial charge in [0.05, 0.1) is 22.5 Å². The van der Waals surface area contributed by atoms with E-state index < -0.39 is 15.6 Å². The summed E-state index contributed by atoms with van der Waals surface area (Å²) in [6, 6.07) is 8.35. The molecule has 0 radical (unpaired) electrons. The average molecular weight is 460 g/mol. The molecule has 162 valence electrons. The van der Waals surface area contributed by atoms with Gasteiger partial charge < -0.3 is 4.42 Å². The molecule has 0 aliphatic heterocycles. The van der Waals surface area contributed by atoms with Crippen molar-refractivity contribution in [3.05, 3.63) is 57.3 Å². The number of rotatable bonds is 6. The summed E-state index contributed by atoms with van der Waals surface area (Å²) >= 11 is 1.27. The predicted octanol–water partition coefficient (Wildman–Crippen LogP) is 2.73. The second kappa shape index (κ2) is 6.87. The molecule has 11 heteroatoms. The van der Waals surface area contributed by atoms with Gasteiger partial charge in [0.1, 0.15) is 16.5 Å². The minimum Gasteiger partial charge on any atom is -0.464 e. The fourth-order valence-corrected chi connectivity index (χ4v) is 5.70. The van der Waals surface area contributed by atoms with Crippen LogP contribution in [0.3, 0.4) is 0 Å². The predicted molar refractivity (Wildman–Crippen MR) is 116 cm³/mol. The van der Waals surface area contributed by atoms with Gasteiger partial charge in [-0.2, -0.15) is 0 Å². The Balaban J connectivity index is 1.70. The van der Waals surface area contributed by atoms with Crippen LogP contribution in [0.5, 0.6) is 0 Å². The molecule has 9 nitrogen and oxygen atoms in total. The van der Waals surface area contributed by atoms with Crippen LogP contribution in [0.2, 0.25) is 0 Å². The van der Waals surface area contributed by atoms with Crippen LogP contribution in [0, 0.1) is 13.8 Å². The second-order valence-electron chi connectivity index (χ2n) is 8.14. The smallest absolute Gasteiger partial charge is 0.336 e. The minimum absolute atomic E-state index is 0.106. The van der Waals surface area contributed by atoms with E-state index in [-0.39, 0.29) is 17.1 Å². The summed E-state index contributed by atoms with van der Waals surface area (Å²) in [4.78, 5) is 13.5.